The number of alkyl halides is 5. The SMILES string of the molecule is CCOc1ccccc1-n1nc(Cn2nc(-c3ccc(Cl)cc3)n(CC(O)C(F)(F)F)c2=O)nc1C(C)(F)F. The van der Waals surface area contributed by atoms with Crippen LogP contribution in [0.5, 0.6) is 5.75 Å². The molecule has 4 rings (SSSR count). The Morgan fingerprint density at radius 3 is 2.33 bits per heavy atom. The summed E-state index contributed by atoms with van der Waals surface area (Å²) in [6.45, 7) is 0.887. The van der Waals surface area contributed by atoms with Crippen molar-refractivity contribution in [2.75, 3.05) is 6.61 Å². The van der Waals surface area contributed by atoms with Crippen molar-refractivity contribution in [3.63, 3.8) is 0 Å². The van der Waals surface area contributed by atoms with Gasteiger partial charge in [0.2, 0.25) is 5.82 Å². The van der Waals surface area contributed by atoms with Crippen LogP contribution in [0.15, 0.2) is 53.3 Å². The van der Waals surface area contributed by atoms with E-state index in [0.29, 0.717) is 16.5 Å². The summed E-state index contributed by atoms with van der Waals surface area (Å²) in [5.41, 5.74) is -0.642. The fourth-order valence-electron chi connectivity index (χ4n) is 3.72. The Hall–Kier alpha value is -3.78. The number of aliphatic hydroxyl groups is 1. The van der Waals surface area contributed by atoms with Crippen molar-refractivity contribution in [2.45, 2.75) is 45.1 Å². The van der Waals surface area contributed by atoms with Crippen molar-refractivity contribution in [2.24, 2.45) is 0 Å². The highest BCUT2D eigenvalue weighted by atomic mass is 35.5. The summed E-state index contributed by atoms with van der Waals surface area (Å²) >= 11 is 5.89. The van der Waals surface area contributed by atoms with Crippen LogP contribution >= 0.6 is 11.6 Å². The van der Waals surface area contributed by atoms with Gasteiger partial charge in [0.05, 0.1) is 13.2 Å². The highest BCUT2D eigenvalue weighted by Gasteiger charge is 2.39. The Morgan fingerprint density at radius 1 is 1.05 bits per heavy atom. The van der Waals surface area contributed by atoms with E-state index in [0.717, 1.165) is 9.36 Å². The van der Waals surface area contributed by atoms with Crippen LogP contribution in [0, 0.1) is 0 Å². The van der Waals surface area contributed by atoms with Gasteiger partial charge < -0.3 is 9.84 Å². The molecule has 0 amide bonds. The van der Waals surface area contributed by atoms with Gasteiger partial charge in [-0.3, -0.25) is 4.57 Å². The van der Waals surface area contributed by atoms with E-state index in [-0.39, 0.29) is 35.3 Å². The number of benzene rings is 2. The first-order valence-corrected chi connectivity index (χ1v) is 11.9. The molecular formula is C24H22ClF5N6O3. The van der Waals surface area contributed by atoms with Gasteiger partial charge in [0.25, 0.3) is 0 Å². The number of ether oxygens (including phenoxy) is 1. The van der Waals surface area contributed by atoms with E-state index in [1.807, 2.05) is 0 Å². The molecular weight excluding hydrogens is 551 g/mol. The second-order valence-electron chi connectivity index (χ2n) is 8.49. The topological polar surface area (TPSA) is 100.0 Å². The zero-order chi connectivity index (χ0) is 28.5. The molecule has 2 aromatic heterocycles. The third-order valence-corrected chi connectivity index (χ3v) is 5.74. The third kappa shape index (κ3) is 6.11. The lowest BCUT2D eigenvalue weighted by atomic mass is 10.2. The van der Waals surface area contributed by atoms with Gasteiger partial charge >= 0.3 is 17.8 Å². The summed E-state index contributed by atoms with van der Waals surface area (Å²) in [6, 6.07) is 12.0. The number of aromatic nitrogens is 6. The van der Waals surface area contributed by atoms with Gasteiger partial charge in [0.1, 0.15) is 18.0 Å². The fourth-order valence-corrected chi connectivity index (χ4v) is 3.84. The van der Waals surface area contributed by atoms with Crippen molar-refractivity contribution in [3.8, 4) is 22.8 Å². The molecule has 0 aliphatic rings. The molecule has 0 aliphatic heterocycles. The van der Waals surface area contributed by atoms with Crippen LogP contribution < -0.4 is 10.4 Å². The summed E-state index contributed by atoms with van der Waals surface area (Å²) in [7, 11) is 0. The lowest BCUT2D eigenvalue weighted by molar-refractivity contribution is -0.207. The first-order chi connectivity index (χ1) is 18.3. The van der Waals surface area contributed by atoms with E-state index in [1.165, 1.54) is 30.3 Å². The minimum Gasteiger partial charge on any atom is -0.492 e. The normalized spacial score (nSPS) is 13.1. The third-order valence-electron chi connectivity index (χ3n) is 5.49. The number of nitrogens with zero attached hydrogens (tertiary/aromatic N) is 6. The summed E-state index contributed by atoms with van der Waals surface area (Å²) in [4.78, 5) is 17.0. The first kappa shape index (κ1) is 28.2. The van der Waals surface area contributed by atoms with Gasteiger partial charge in [-0.05, 0) is 43.3 Å². The number of para-hydroxylation sites is 2. The van der Waals surface area contributed by atoms with Crippen LogP contribution in [0.3, 0.4) is 0 Å². The largest absolute Gasteiger partial charge is 0.492 e. The van der Waals surface area contributed by atoms with Gasteiger partial charge in [-0.15, -0.1) is 10.2 Å². The van der Waals surface area contributed by atoms with Crippen molar-refractivity contribution < 1.29 is 31.8 Å². The summed E-state index contributed by atoms with van der Waals surface area (Å²) < 4.78 is 76.1. The number of halogens is 6. The summed E-state index contributed by atoms with van der Waals surface area (Å²) in [6.07, 6.45) is -7.87. The average molecular weight is 573 g/mol. The molecule has 0 saturated heterocycles. The lowest BCUT2D eigenvalue weighted by Crippen LogP contribution is -2.37. The zero-order valence-corrected chi connectivity index (χ0v) is 21.3. The molecule has 0 bridgehead atoms. The van der Waals surface area contributed by atoms with E-state index in [4.69, 9.17) is 16.3 Å². The number of hydrogen-bond acceptors (Lipinski definition) is 6. The number of aliphatic hydroxyl groups excluding tert-OH is 1. The van der Waals surface area contributed by atoms with Crippen molar-refractivity contribution in [3.05, 3.63) is 75.7 Å². The van der Waals surface area contributed by atoms with Crippen LogP contribution in [0.25, 0.3) is 17.1 Å². The van der Waals surface area contributed by atoms with E-state index < -0.39 is 42.8 Å². The molecule has 39 heavy (non-hydrogen) atoms. The van der Waals surface area contributed by atoms with E-state index in [9.17, 15) is 31.9 Å². The summed E-state index contributed by atoms with van der Waals surface area (Å²) in [5.74, 6) is -4.41. The highest BCUT2D eigenvalue weighted by molar-refractivity contribution is 6.30. The average Bonchev–Trinajstić information content (AvgIpc) is 3.42. The first-order valence-electron chi connectivity index (χ1n) is 11.5. The molecule has 0 fully saturated rings. The minimum atomic E-state index is -5.01. The molecule has 0 radical (unpaired) electrons. The second kappa shape index (κ2) is 10.8. The highest BCUT2D eigenvalue weighted by Crippen LogP contribution is 2.31. The number of hydrogen-bond donors (Lipinski definition) is 1. The molecule has 208 valence electrons. The van der Waals surface area contributed by atoms with Crippen LogP contribution in [0.1, 0.15) is 25.5 Å². The van der Waals surface area contributed by atoms with E-state index in [1.54, 1.807) is 25.1 Å². The Balaban J connectivity index is 1.80. The molecule has 0 aliphatic carbocycles. The lowest BCUT2D eigenvalue weighted by Gasteiger charge is -2.15. The maximum atomic E-state index is 14.5. The van der Waals surface area contributed by atoms with Crippen LogP contribution in [-0.4, -0.2) is 53.1 Å². The Kier molecular flexibility index (Phi) is 7.80. The second-order valence-corrected chi connectivity index (χ2v) is 8.93. The standard InChI is InChI=1S/C24H22ClF5N6O3/c1-3-39-17-7-5-4-6-16(17)36-21(23(2,26)27)31-19(32-36)13-35-22(38)34(12-18(37)24(28,29)30)20(33-35)14-8-10-15(25)11-9-14/h4-11,18,37H,3,12-13H2,1-2H3. The Labute approximate surface area is 223 Å². The van der Waals surface area contributed by atoms with Crippen LogP contribution in [0.2, 0.25) is 5.02 Å². The monoisotopic (exact) mass is 572 g/mol. The van der Waals surface area contributed by atoms with Crippen molar-refractivity contribution in [1.82, 2.24) is 29.1 Å². The molecule has 2 aromatic carbocycles. The predicted molar refractivity (Wildman–Crippen MR) is 130 cm³/mol. The molecule has 1 unspecified atom stereocenters. The molecule has 0 saturated carbocycles. The molecule has 15 heteroatoms. The molecule has 2 heterocycles. The van der Waals surface area contributed by atoms with Gasteiger partial charge in [-0.2, -0.15) is 22.0 Å². The predicted octanol–water partition coefficient (Wildman–Crippen LogP) is 4.43. The summed E-state index contributed by atoms with van der Waals surface area (Å²) in [5, 5.41) is 18.2. The molecule has 1 N–H and O–H groups in total. The van der Waals surface area contributed by atoms with Gasteiger partial charge in [0, 0.05) is 17.5 Å². The maximum Gasteiger partial charge on any atom is 0.416 e. The van der Waals surface area contributed by atoms with Crippen molar-refractivity contribution >= 4 is 11.6 Å². The van der Waals surface area contributed by atoms with Crippen molar-refractivity contribution in [1.29, 1.82) is 0 Å². The van der Waals surface area contributed by atoms with Crippen LogP contribution in [0.4, 0.5) is 22.0 Å². The van der Waals surface area contributed by atoms with Crippen LogP contribution in [-0.2, 0) is 19.0 Å². The van der Waals surface area contributed by atoms with E-state index in [2.05, 4.69) is 15.2 Å². The smallest absolute Gasteiger partial charge is 0.416 e. The molecule has 1 atom stereocenters. The zero-order valence-electron chi connectivity index (χ0n) is 20.5. The fraction of sp³-hybridized carbons (Fsp3) is 0.333. The Bertz CT molecular complexity index is 1510. The maximum absolute atomic E-state index is 14.5. The quantitative estimate of drug-likeness (QED) is 0.298. The molecule has 4 aromatic rings. The number of rotatable bonds is 9. The minimum absolute atomic E-state index is 0.169. The molecule has 9 nitrogen and oxygen atoms in total. The Morgan fingerprint density at radius 2 is 1.72 bits per heavy atom. The molecule has 0 spiro atoms. The van der Waals surface area contributed by atoms with Gasteiger partial charge in [0.15, 0.2) is 17.8 Å². The van der Waals surface area contributed by atoms with Gasteiger partial charge in [-0.1, -0.05) is 23.7 Å². The van der Waals surface area contributed by atoms with Gasteiger partial charge in [-0.25, -0.2) is 19.1 Å². The van der Waals surface area contributed by atoms with E-state index >= 15 is 0 Å².